The van der Waals surface area contributed by atoms with Crippen molar-refractivity contribution < 1.29 is 0 Å². The molecular formula is C25H25ClN4OS. The normalized spacial score (nSPS) is 19.5. The number of benzene rings is 1. The average Bonchev–Trinajstić information content (AvgIpc) is 3.44. The van der Waals surface area contributed by atoms with Gasteiger partial charge in [-0.1, -0.05) is 31.4 Å². The molecule has 0 bridgehead atoms. The van der Waals surface area contributed by atoms with Gasteiger partial charge in [0.2, 0.25) is 0 Å². The number of halogens is 1. The summed E-state index contributed by atoms with van der Waals surface area (Å²) in [6, 6.07) is 8.29. The van der Waals surface area contributed by atoms with Crippen molar-refractivity contribution in [3.63, 3.8) is 0 Å². The Morgan fingerprint density at radius 1 is 1.19 bits per heavy atom. The summed E-state index contributed by atoms with van der Waals surface area (Å²) in [6.45, 7) is 2.81. The highest BCUT2D eigenvalue weighted by atomic mass is 35.5. The first-order chi connectivity index (χ1) is 15.5. The van der Waals surface area contributed by atoms with E-state index in [4.69, 9.17) is 16.6 Å². The van der Waals surface area contributed by atoms with Crippen molar-refractivity contribution in [2.45, 2.75) is 45.2 Å². The smallest absolute Gasteiger partial charge is 0.329 e. The van der Waals surface area contributed by atoms with Crippen LogP contribution in [0, 0.1) is 5.92 Å². The zero-order chi connectivity index (χ0) is 22.0. The Hall–Kier alpha value is -2.57. The molecule has 5 aromatic rings. The summed E-state index contributed by atoms with van der Waals surface area (Å²) < 4.78 is 7.22. The van der Waals surface area contributed by atoms with Gasteiger partial charge >= 0.3 is 5.69 Å². The fraction of sp³-hybridized carbons (Fsp3) is 0.360. The SMILES string of the molecule is C[C@@H]1CCCC[C@@H]1n1c(=O)n(Cc2csc3ccc(Cl)cc23)c2cnc3c(ccn3C)c21. The molecule has 1 aromatic carbocycles. The summed E-state index contributed by atoms with van der Waals surface area (Å²) >= 11 is 7.98. The van der Waals surface area contributed by atoms with Crippen molar-refractivity contribution >= 4 is 55.1 Å². The number of pyridine rings is 1. The summed E-state index contributed by atoms with van der Waals surface area (Å²) in [7, 11) is 2.01. The molecule has 5 nitrogen and oxygen atoms in total. The van der Waals surface area contributed by atoms with Crippen LogP contribution in [0.5, 0.6) is 0 Å². The summed E-state index contributed by atoms with van der Waals surface area (Å²) in [5.41, 5.74) is 4.04. The highest BCUT2D eigenvalue weighted by Gasteiger charge is 2.29. The van der Waals surface area contributed by atoms with Crippen molar-refractivity contribution in [1.82, 2.24) is 18.7 Å². The van der Waals surface area contributed by atoms with Crippen LogP contribution in [-0.4, -0.2) is 18.7 Å². The highest BCUT2D eigenvalue weighted by molar-refractivity contribution is 7.17. The van der Waals surface area contributed by atoms with Crippen LogP contribution in [0.4, 0.5) is 0 Å². The van der Waals surface area contributed by atoms with Gasteiger partial charge in [-0.15, -0.1) is 11.3 Å². The molecule has 1 aliphatic rings. The molecule has 1 aliphatic carbocycles. The van der Waals surface area contributed by atoms with Gasteiger partial charge in [-0.3, -0.25) is 9.13 Å². The zero-order valence-corrected chi connectivity index (χ0v) is 19.8. The van der Waals surface area contributed by atoms with Gasteiger partial charge in [0.05, 0.1) is 23.8 Å². The predicted octanol–water partition coefficient (Wildman–Crippen LogP) is 6.36. The maximum absolute atomic E-state index is 14.0. The molecule has 4 aromatic heterocycles. The first-order valence-corrected chi connectivity index (χ1v) is 12.5. The molecule has 0 N–H and O–H groups in total. The van der Waals surface area contributed by atoms with Gasteiger partial charge in [-0.2, -0.15) is 0 Å². The van der Waals surface area contributed by atoms with E-state index < -0.39 is 0 Å². The third-order valence-electron chi connectivity index (χ3n) is 7.16. The third-order valence-corrected chi connectivity index (χ3v) is 8.40. The Labute approximate surface area is 194 Å². The van der Waals surface area contributed by atoms with E-state index in [0.29, 0.717) is 12.5 Å². The molecule has 0 unspecified atom stereocenters. The lowest BCUT2D eigenvalue weighted by molar-refractivity contribution is 0.256. The van der Waals surface area contributed by atoms with Crippen molar-refractivity contribution in [2.24, 2.45) is 13.0 Å². The molecule has 0 radical (unpaired) electrons. The highest BCUT2D eigenvalue weighted by Crippen LogP contribution is 2.37. The molecule has 2 atom stereocenters. The van der Waals surface area contributed by atoms with E-state index in [-0.39, 0.29) is 11.7 Å². The van der Waals surface area contributed by atoms with Crippen molar-refractivity contribution in [3.05, 3.63) is 63.1 Å². The van der Waals surface area contributed by atoms with Gasteiger partial charge in [-0.05, 0) is 59.4 Å². The summed E-state index contributed by atoms with van der Waals surface area (Å²) in [5, 5.41) is 5.04. The quantitative estimate of drug-likeness (QED) is 0.312. The van der Waals surface area contributed by atoms with Crippen LogP contribution in [0.1, 0.15) is 44.2 Å². The van der Waals surface area contributed by atoms with Crippen LogP contribution in [0.3, 0.4) is 0 Å². The molecule has 6 rings (SSSR count). The number of nitrogens with zero attached hydrogens (tertiary/aromatic N) is 4. The van der Waals surface area contributed by atoms with Gasteiger partial charge in [0.25, 0.3) is 0 Å². The van der Waals surface area contributed by atoms with Crippen molar-refractivity contribution in [2.75, 3.05) is 0 Å². The molecule has 0 spiro atoms. The van der Waals surface area contributed by atoms with Crippen LogP contribution < -0.4 is 5.69 Å². The largest absolute Gasteiger partial charge is 0.336 e. The van der Waals surface area contributed by atoms with Crippen LogP contribution in [-0.2, 0) is 13.6 Å². The Morgan fingerprint density at radius 3 is 2.88 bits per heavy atom. The number of aryl methyl sites for hydroxylation is 1. The van der Waals surface area contributed by atoms with E-state index in [1.165, 1.54) is 24.0 Å². The molecule has 1 saturated carbocycles. The lowest BCUT2D eigenvalue weighted by Crippen LogP contribution is -2.32. The number of fused-ring (bicyclic) bond motifs is 4. The van der Waals surface area contributed by atoms with Crippen molar-refractivity contribution in [3.8, 4) is 0 Å². The summed E-state index contributed by atoms with van der Waals surface area (Å²) in [4.78, 5) is 18.7. The van der Waals surface area contributed by atoms with Crippen LogP contribution >= 0.6 is 22.9 Å². The van der Waals surface area contributed by atoms with E-state index in [2.05, 4.69) is 29.0 Å². The Morgan fingerprint density at radius 2 is 2.03 bits per heavy atom. The Bertz CT molecular complexity index is 1540. The predicted molar refractivity (Wildman–Crippen MR) is 133 cm³/mol. The number of rotatable bonds is 3. The molecule has 1 fully saturated rings. The molecule has 164 valence electrons. The van der Waals surface area contributed by atoms with Gasteiger partial charge < -0.3 is 4.57 Å². The van der Waals surface area contributed by atoms with E-state index in [1.54, 1.807) is 11.3 Å². The molecule has 0 amide bonds. The van der Waals surface area contributed by atoms with E-state index in [0.717, 1.165) is 44.5 Å². The van der Waals surface area contributed by atoms with Crippen molar-refractivity contribution in [1.29, 1.82) is 0 Å². The van der Waals surface area contributed by atoms with E-state index in [9.17, 15) is 4.79 Å². The van der Waals surface area contributed by atoms with Gasteiger partial charge in [0, 0.05) is 34.4 Å². The fourth-order valence-electron chi connectivity index (χ4n) is 5.46. The first kappa shape index (κ1) is 20.1. The second-order valence-corrected chi connectivity index (χ2v) is 10.5. The molecular weight excluding hydrogens is 440 g/mol. The molecule has 4 heterocycles. The average molecular weight is 465 g/mol. The van der Waals surface area contributed by atoms with Crippen LogP contribution in [0.15, 0.2) is 46.8 Å². The third kappa shape index (κ3) is 2.96. The minimum absolute atomic E-state index is 0.0679. The molecule has 32 heavy (non-hydrogen) atoms. The number of hydrogen-bond acceptors (Lipinski definition) is 3. The number of imidazole rings is 1. The Kier molecular flexibility index (Phi) is 4.70. The maximum atomic E-state index is 14.0. The van der Waals surface area contributed by atoms with E-state index in [1.807, 2.05) is 40.7 Å². The first-order valence-electron chi connectivity index (χ1n) is 11.2. The number of aromatic nitrogens is 4. The lowest BCUT2D eigenvalue weighted by atomic mass is 9.85. The number of thiophene rings is 1. The monoisotopic (exact) mass is 464 g/mol. The molecule has 7 heteroatoms. The maximum Gasteiger partial charge on any atom is 0.329 e. The zero-order valence-electron chi connectivity index (χ0n) is 18.2. The van der Waals surface area contributed by atoms with Crippen LogP contribution in [0.25, 0.3) is 32.2 Å². The lowest BCUT2D eigenvalue weighted by Gasteiger charge is -2.29. The van der Waals surface area contributed by atoms with Gasteiger partial charge in [0.15, 0.2) is 0 Å². The minimum atomic E-state index is 0.0679. The van der Waals surface area contributed by atoms with Gasteiger partial charge in [-0.25, -0.2) is 9.78 Å². The molecule has 0 saturated heterocycles. The molecule has 0 aliphatic heterocycles. The fourth-order valence-corrected chi connectivity index (χ4v) is 6.56. The minimum Gasteiger partial charge on any atom is -0.336 e. The summed E-state index contributed by atoms with van der Waals surface area (Å²) in [6.07, 6.45) is 8.54. The van der Waals surface area contributed by atoms with Crippen LogP contribution in [0.2, 0.25) is 5.02 Å². The number of hydrogen-bond donors (Lipinski definition) is 0. The van der Waals surface area contributed by atoms with Gasteiger partial charge in [0.1, 0.15) is 5.65 Å². The topological polar surface area (TPSA) is 44.8 Å². The van der Waals surface area contributed by atoms with E-state index >= 15 is 0 Å². The Balaban J connectivity index is 1.61. The standard InChI is InChI=1S/C25H25ClN4OS/c1-15-5-3-4-6-20(15)30-23-18-9-10-28(2)24(18)27-12-21(23)29(25(30)31)13-16-14-32-22-8-7-17(26)11-19(16)22/h7-12,14-15,20H,3-6,13H2,1-2H3/t15-,20+/m1/s1. The second kappa shape index (κ2) is 7.49. The summed E-state index contributed by atoms with van der Waals surface area (Å²) in [5.74, 6) is 0.480. The second-order valence-electron chi connectivity index (χ2n) is 9.13.